The Bertz CT molecular complexity index is 1450. The van der Waals surface area contributed by atoms with E-state index in [2.05, 4.69) is 16.0 Å². The van der Waals surface area contributed by atoms with Crippen LogP contribution in [0.15, 0.2) is 40.8 Å². The number of furan rings is 1. The standard InChI is InChI=1S/C25H21N3O5/c1-14-27-18-9-10-25(13-26,11-16(18)24(28-14)32-12-21(29)30)17-7-8-20(31-2)23-22(17)15-5-3-4-6-19(15)33-23/h3-8H,9-12H2,1-2H3,(H,29,30). The summed E-state index contributed by atoms with van der Waals surface area (Å²) in [5.74, 6) is 0.232. The molecule has 0 bridgehead atoms. The molecule has 1 aliphatic carbocycles. The molecule has 2 aromatic carbocycles. The molecule has 1 atom stereocenters. The lowest BCUT2D eigenvalue weighted by atomic mass is 9.68. The number of aliphatic carboxylic acids is 1. The second-order valence-corrected chi connectivity index (χ2v) is 8.17. The zero-order valence-electron chi connectivity index (χ0n) is 18.2. The first-order valence-corrected chi connectivity index (χ1v) is 10.6. The maximum atomic E-state index is 11.1. The molecule has 5 rings (SSSR count). The molecule has 1 aliphatic rings. The average Bonchev–Trinajstić information content (AvgIpc) is 3.21. The molecule has 1 N–H and O–H groups in total. The van der Waals surface area contributed by atoms with Gasteiger partial charge in [0.1, 0.15) is 11.4 Å². The predicted octanol–water partition coefficient (Wildman–Crippen LogP) is 4.11. The van der Waals surface area contributed by atoms with Crippen molar-refractivity contribution < 1.29 is 23.8 Å². The maximum Gasteiger partial charge on any atom is 0.341 e. The van der Waals surface area contributed by atoms with Gasteiger partial charge >= 0.3 is 5.97 Å². The minimum atomic E-state index is -1.09. The third kappa shape index (κ3) is 3.33. The van der Waals surface area contributed by atoms with Crippen LogP contribution in [-0.4, -0.2) is 34.8 Å². The molecular formula is C25H21N3O5. The molecule has 8 nitrogen and oxygen atoms in total. The van der Waals surface area contributed by atoms with Gasteiger partial charge in [0.25, 0.3) is 0 Å². The number of ether oxygens (including phenoxy) is 2. The molecule has 33 heavy (non-hydrogen) atoms. The van der Waals surface area contributed by atoms with Gasteiger partial charge in [0.05, 0.1) is 24.3 Å². The number of benzene rings is 2. The normalized spacial score (nSPS) is 17.5. The summed E-state index contributed by atoms with van der Waals surface area (Å²) in [5, 5.41) is 21.3. The largest absolute Gasteiger partial charge is 0.493 e. The van der Waals surface area contributed by atoms with Crippen LogP contribution in [0.3, 0.4) is 0 Å². The molecule has 2 heterocycles. The number of carboxylic acids is 1. The fraction of sp³-hybridized carbons (Fsp3) is 0.280. The van der Waals surface area contributed by atoms with Gasteiger partial charge in [-0.05, 0) is 37.5 Å². The van der Waals surface area contributed by atoms with Crippen molar-refractivity contribution in [2.24, 2.45) is 0 Å². The van der Waals surface area contributed by atoms with Crippen LogP contribution >= 0.6 is 0 Å². The Morgan fingerprint density at radius 1 is 1.27 bits per heavy atom. The molecule has 0 fully saturated rings. The molecule has 2 aromatic heterocycles. The number of para-hydroxylation sites is 1. The summed E-state index contributed by atoms with van der Waals surface area (Å²) in [6.45, 7) is 1.23. The van der Waals surface area contributed by atoms with Crippen molar-refractivity contribution in [2.75, 3.05) is 13.7 Å². The molecule has 0 saturated carbocycles. The average molecular weight is 443 g/mol. The number of carbonyl (C=O) groups is 1. The molecule has 0 amide bonds. The van der Waals surface area contributed by atoms with Gasteiger partial charge in [-0.15, -0.1) is 0 Å². The summed E-state index contributed by atoms with van der Waals surface area (Å²) < 4.78 is 17.2. The van der Waals surface area contributed by atoms with E-state index in [4.69, 9.17) is 19.0 Å². The van der Waals surface area contributed by atoms with Crippen molar-refractivity contribution in [3.05, 3.63) is 59.0 Å². The number of methoxy groups -OCH3 is 1. The number of fused-ring (bicyclic) bond motifs is 4. The number of aryl methyl sites for hydroxylation is 2. The summed E-state index contributed by atoms with van der Waals surface area (Å²) in [5.41, 5.74) is 2.71. The monoisotopic (exact) mass is 443 g/mol. The third-order valence-corrected chi connectivity index (χ3v) is 6.21. The van der Waals surface area contributed by atoms with Crippen molar-refractivity contribution in [1.29, 1.82) is 5.26 Å². The highest BCUT2D eigenvalue weighted by Gasteiger charge is 2.41. The van der Waals surface area contributed by atoms with Crippen LogP contribution in [0.2, 0.25) is 0 Å². The lowest BCUT2D eigenvalue weighted by Gasteiger charge is -2.33. The van der Waals surface area contributed by atoms with Gasteiger partial charge in [0.15, 0.2) is 17.9 Å². The summed E-state index contributed by atoms with van der Waals surface area (Å²) in [7, 11) is 1.59. The fourth-order valence-corrected chi connectivity index (χ4v) is 4.73. The van der Waals surface area contributed by atoms with Crippen molar-refractivity contribution >= 4 is 27.9 Å². The number of nitriles is 1. The van der Waals surface area contributed by atoms with Gasteiger partial charge in [0.2, 0.25) is 5.88 Å². The first-order valence-electron chi connectivity index (χ1n) is 10.6. The van der Waals surface area contributed by atoms with E-state index in [0.717, 1.165) is 22.0 Å². The molecule has 0 saturated heterocycles. The van der Waals surface area contributed by atoms with Gasteiger partial charge in [-0.25, -0.2) is 9.78 Å². The van der Waals surface area contributed by atoms with Crippen LogP contribution in [0.4, 0.5) is 0 Å². The Labute approximate surface area is 189 Å². The van der Waals surface area contributed by atoms with Gasteiger partial charge in [-0.1, -0.05) is 24.3 Å². The fourth-order valence-electron chi connectivity index (χ4n) is 4.73. The molecule has 4 aromatic rings. The van der Waals surface area contributed by atoms with E-state index >= 15 is 0 Å². The molecule has 166 valence electrons. The Morgan fingerprint density at radius 2 is 2.09 bits per heavy atom. The molecule has 0 radical (unpaired) electrons. The van der Waals surface area contributed by atoms with Crippen LogP contribution in [0.5, 0.6) is 11.6 Å². The SMILES string of the molecule is COc1ccc(C2(C#N)CCc3nc(C)nc(OCC(=O)O)c3C2)c2c1oc1ccccc12. The topological polar surface area (TPSA) is 118 Å². The van der Waals surface area contributed by atoms with E-state index < -0.39 is 18.0 Å². The van der Waals surface area contributed by atoms with Crippen molar-refractivity contribution in [3.8, 4) is 17.7 Å². The van der Waals surface area contributed by atoms with E-state index in [0.29, 0.717) is 47.6 Å². The smallest absolute Gasteiger partial charge is 0.341 e. The Kier molecular flexibility index (Phi) is 4.90. The number of hydrogen-bond donors (Lipinski definition) is 1. The van der Waals surface area contributed by atoms with Gasteiger partial charge in [-0.2, -0.15) is 10.2 Å². The molecule has 0 spiro atoms. The minimum Gasteiger partial charge on any atom is -0.493 e. The highest BCUT2D eigenvalue weighted by molar-refractivity contribution is 6.09. The highest BCUT2D eigenvalue weighted by atomic mass is 16.5. The van der Waals surface area contributed by atoms with Gasteiger partial charge in [0, 0.05) is 22.8 Å². The minimum absolute atomic E-state index is 0.223. The molecular weight excluding hydrogens is 422 g/mol. The second-order valence-electron chi connectivity index (χ2n) is 8.17. The highest BCUT2D eigenvalue weighted by Crippen LogP contribution is 2.47. The molecule has 1 unspecified atom stereocenters. The Balaban J connectivity index is 1.71. The van der Waals surface area contributed by atoms with Crippen LogP contribution in [0, 0.1) is 18.3 Å². The lowest BCUT2D eigenvalue weighted by molar-refractivity contribution is -0.139. The zero-order chi connectivity index (χ0) is 23.2. The number of rotatable bonds is 5. The molecule has 8 heteroatoms. The van der Waals surface area contributed by atoms with Crippen molar-refractivity contribution in [3.63, 3.8) is 0 Å². The van der Waals surface area contributed by atoms with E-state index in [1.165, 1.54) is 0 Å². The summed E-state index contributed by atoms with van der Waals surface area (Å²) in [6, 6.07) is 14.0. The number of nitrogens with zero attached hydrogens (tertiary/aromatic N) is 3. The second kappa shape index (κ2) is 7.78. The number of carboxylic acid groups (broad SMARTS) is 1. The predicted molar refractivity (Wildman–Crippen MR) is 119 cm³/mol. The third-order valence-electron chi connectivity index (χ3n) is 6.21. The van der Waals surface area contributed by atoms with Crippen LogP contribution < -0.4 is 9.47 Å². The first-order chi connectivity index (χ1) is 16.0. The van der Waals surface area contributed by atoms with E-state index in [9.17, 15) is 10.1 Å². The van der Waals surface area contributed by atoms with Crippen LogP contribution in [0.25, 0.3) is 21.9 Å². The Hall–Kier alpha value is -4.12. The quantitative estimate of drug-likeness (QED) is 0.490. The number of hydrogen-bond acceptors (Lipinski definition) is 7. The summed E-state index contributed by atoms with van der Waals surface area (Å²) >= 11 is 0. The van der Waals surface area contributed by atoms with E-state index in [1.54, 1.807) is 14.0 Å². The van der Waals surface area contributed by atoms with Crippen molar-refractivity contribution in [1.82, 2.24) is 9.97 Å². The summed E-state index contributed by atoms with van der Waals surface area (Å²) in [6.07, 6.45) is 1.39. The van der Waals surface area contributed by atoms with E-state index in [-0.39, 0.29) is 5.88 Å². The van der Waals surface area contributed by atoms with Crippen LogP contribution in [0.1, 0.15) is 29.1 Å². The summed E-state index contributed by atoms with van der Waals surface area (Å²) in [4.78, 5) is 20.0. The maximum absolute atomic E-state index is 11.1. The first kappa shape index (κ1) is 20.8. The Morgan fingerprint density at radius 3 is 2.85 bits per heavy atom. The lowest BCUT2D eigenvalue weighted by Crippen LogP contribution is -2.33. The van der Waals surface area contributed by atoms with Crippen LogP contribution in [-0.2, 0) is 23.1 Å². The number of aromatic nitrogens is 2. The van der Waals surface area contributed by atoms with Crippen molar-refractivity contribution in [2.45, 2.75) is 31.6 Å². The molecule has 0 aliphatic heterocycles. The zero-order valence-corrected chi connectivity index (χ0v) is 18.2. The van der Waals surface area contributed by atoms with Gasteiger partial charge in [-0.3, -0.25) is 0 Å². The van der Waals surface area contributed by atoms with E-state index in [1.807, 2.05) is 36.4 Å². The van der Waals surface area contributed by atoms with Gasteiger partial charge < -0.3 is 19.0 Å².